The van der Waals surface area contributed by atoms with Gasteiger partial charge in [-0.3, -0.25) is 4.90 Å². The highest BCUT2D eigenvalue weighted by Crippen LogP contribution is 2.40. The minimum absolute atomic E-state index is 0.418. The molecule has 3 heterocycles. The second-order valence-electron chi connectivity index (χ2n) is 6.85. The quantitative estimate of drug-likeness (QED) is 0.546. The van der Waals surface area contributed by atoms with Crippen LogP contribution >= 0.6 is 35.0 Å². The normalized spacial score (nSPS) is 16.5. The number of hydrogen-bond donors (Lipinski definition) is 1. The number of rotatable bonds is 5. The van der Waals surface area contributed by atoms with Crippen LogP contribution in [-0.2, 0) is 0 Å². The molecule has 0 bridgehead atoms. The van der Waals surface area contributed by atoms with Crippen molar-refractivity contribution in [3.05, 3.63) is 40.0 Å². The van der Waals surface area contributed by atoms with E-state index in [0.29, 0.717) is 22.3 Å². The van der Waals surface area contributed by atoms with Crippen LogP contribution in [0.4, 0.5) is 11.4 Å². The molecule has 6 nitrogen and oxygen atoms in total. The summed E-state index contributed by atoms with van der Waals surface area (Å²) in [6.45, 7) is 6.16. The SMILES string of the molecule is N#Cc1ccc(Cl)nc1SCCN1CCN(c2cc(Cl)cc3c2OCCN3)CC1. The number of aromatic nitrogens is 1. The Labute approximate surface area is 184 Å². The standard InChI is InChI=1S/C20H21Cl2N5OS/c21-15-11-16-19(28-9-3-24-16)17(12-15)27-6-4-26(5-7-27)8-10-29-20-14(13-23)1-2-18(22)25-20/h1-2,11-12,24H,3-10H2. The van der Waals surface area contributed by atoms with E-state index >= 15 is 0 Å². The second-order valence-corrected chi connectivity index (χ2v) is 8.76. The van der Waals surface area contributed by atoms with Crippen molar-refractivity contribution in [2.24, 2.45) is 0 Å². The number of thioether (sulfide) groups is 1. The van der Waals surface area contributed by atoms with Gasteiger partial charge in [-0.05, 0) is 24.3 Å². The molecule has 2 aliphatic heterocycles. The fraction of sp³-hybridized carbons (Fsp3) is 0.400. The number of benzene rings is 1. The lowest BCUT2D eigenvalue weighted by atomic mass is 10.2. The maximum atomic E-state index is 9.21. The van der Waals surface area contributed by atoms with Crippen molar-refractivity contribution in [3.8, 4) is 11.8 Å². The van der Waals surface area contributed by atoms with Gasteiger partial charge >= 0.3 is 0 Å². The molecular weight excluding hydrogens is 429 g/mol. The van der Waals surface area contributed by atoms with Gasteiger partial charge in [-0.1, -0.05) is 23.2 Å². The Kier molecular flexibility index (Phi) is 6.56. The van der Waals surface area contributed by atoms with E-state index in [1.54, 1.807) is 23.9 Å². The first-order valence-electron chi connectivity index (χ1n) is 9.51. The lowest BCUT2D eigenvalue weighted by molar-refractivity contribution is 0.270. The van der Waals surface area contributed by atoms with Gasteiger partial charge in [0.2, 0.25) is 0 Å². The summed E-state index contributed by atoms with van der Waals surface area (Å²) < 4.78 is 5.91. The van der Waals surface area contributed by atoms with Crippen LogP contribution in [0.5, 0.6) is 5.75 Å². The van der Waals surface area contributed by atoms with Gasteiger partial charge in [0, 0.05) is 50.0 Å². The van der Waals surface area contributed by atoms with E-state index in [-0.39, 0.29) is 0 Å². The molecule has 1 N–H and O–H groups in total. The van der Waals surface area contributed by atoms with Crippen LogP contribution in [-0.4, -0.2) is 61.5 Å². The molecule has 152 valence electrons. The second kappa shape index (κ2) is 9.31. The molecule has 2 aromatic rings. The molecule has 0 saturated carbocycles. The summed E-state index contributed by atoms with van der Waals surface area (Å²) in [6, 6.07) is 9.46. The van der Waals surface area contributed by atoms with Crippen LogP contribution in [0.15, 0.2) is 29.3 Å². The summed E-state index contributed by atoms with van der Waals surface area (Å²) in [6.07, 6.45) is 0. The molecule has 4 rings (SSSR count). The summed E-state index contributed by atoms with van der Waals surface area (Å²) in [7, 11) is 0. The van der Waals surface area contributed by atoms with Crippen molar-refractivity contribution in [2.75, 3.05) is 61.8 Å². The number of nitrogens with one attached hydrogen (secondary N) is 1. The third-order valence-electron chi connectivity index (χ3n) is 5.00. The predicted octanol–water partition coefficient (Wildman–Crippen LogP) is 3.98. The molecule has 1 fully saturated rings. The van der Waals surface area contributed by atoms with Crippen molar-refractivity contribution in [3.63, 3.8) is 0 Å². The summed E-state index contributed by atoms with van der Waals surface area (Å²) in [4.78, 5) is 9.04. The number of fused-ring (bicyclic) bond motifs is 1. The van der Waals surface area contributed by atoms with Crippen molar-refractivity contribution in [2.45, 2.75) is 5.03 Å². The van der Waals surface area contributed by atoms with E-state index < -0.39 is 0 Å². The van der Waals surface area contributed by atoms with Crippen LogP contribution in [0.1, 0.15) is 5.56 Å². The Bertz CT molecular complexity index is 928. The number of pyridine rings is 1. The largest absolute Gasteiger partial charge is 0.487 e. The monoisotopic (exact) mass is 449 g/mol. The zero-order valence-corrected chi connectivity index (χ0v) is 18.2. The number of nitrogens with zero attached hydrogens (tertiary/aromatic N) is 4. The zero-order chi connectivity index (χ0) is 20.2. The van der Waals surface area contributed by atoms with Gasteiger partial charge in [-0.25, -0.2) is 4.98 Å². The summed E-state index contributed by atoms with van der Waals surface area (Å²) in [5.41, 5.74) is 2.61. The van der Waals surface area contributed by atoms with Crippen LogP contribution < -0.4 is 15.0 Å². The van der Waals surface area contributed by atoms with Crippen LogP contribution in [0, 0.1) is 11.3 Å². The first kappa shape index (κ1) is 20.4. The highest BCUT2D eigenvalue weighted by Gasteiger charge is 2.23. The number of anilines is 2. The smallest absolute Gasteiger partial charge is 0.165 e. The van der Waals surface area contributed by atoms with Crippen LogP contribution in [0.25, 0.3) is 0 Å². The van der Waals surface area contributed by atoms with Crippen LogP contribution in [0.3, 0.4) is 0 Å². The van der Waals surface area contributed by atoms with E-state index in [1.165, 1.54) is 0 Å². The Balaban J connectivity index is 1.32. The number of ether oxygens (including phenoxy) is 1. The average molecular weight is 450 g/mol. The average Bonchev–Trinajstić information content (AvgIpc) is 2.74. The Morgan fingerprint density at radius 1 is 1.21 bits per heavy atom. The van der Waals surface area contributed by atoms with E-state index in [0.717, 1.165) is 67.2 Å². The summed E-state index contributed by atoms with van der Waals surface area (Å²) in [5.74, 6) is 1.77. The lowest BCUT2D eigenvalue weighted by Crippen LogP contribution is -2.47. The maximum absolute atomic E-state index is 9.21. The fourth-order valence-corrected chi connectivity index (χ4v) is 4.92. The molecule has 1 aromatic carbocycles. The van der Waals surface area contributed by atoms with Gasteiger partial charge < -0.3 is 15.0 Å². The fourth-order valence-electron chi connectivity index (χ4n) is 3.53. The zero-order valence-electron chi connectivity index (χ0n) is 15.8. The summed E-state index contributed by atoms with van der Waals surface area (Å²) in [5, 5.41) is 14.4. The van der Waals surface area contributed by atoms with Crippen molar-refractivity contribution in [1.29, 1.82) is 5.26 Å². The predicted molar refractivity (Wildman–Crippen MR) is 119 cm³/mol. The lowest BCUT2D eigenvalue weighted by Gasteiger charge is -2.37. The molecule has 9 heteroatoms. The van der Waals surface area contributed by atoms with E-state index in [4.69, 9.17) is 27.9 Å². The first-order chi connectivity index (χ1) is 14.1. The van der Waals surface area contributed by atoms with Gasteiger partial charge in [0.1, 0.15) is 22.9 Å². The summed E-state index contributed by atoms with van der Waals surface area (Å²) >= 11 is 13.9. The Morgan fingerprint density at radius 2 is 2.03 bits per heavy atom. The third kappa shape index (κ3) is 4.84. The van der Waals surface area contributed by atoms with Gasteiger partial charge in [-0.15, -0.1) is 11.8 Å². The number of nitriles is 1. The minimum atomic E-state index is 0.418. The number of halogens is 2. The molecule has 2 aliphatic rings. The molecule has 29 heavy (non-hydrogen) atoms. The van der Waals surface area contributed by atoms with Gasteiger partial charge in [0.25, 0.3) is 0 Å². The maximum Gasteiger partial charge on any atom is 0.165 e. The molecule has 0 aliphatic carbocycles. The highest BCUT2D eigenvalue weighted by molar-refractivity contribution is 7.99. The molecule has 1 aromatic heterocycles. The van der Waals surface area contributed by atoms with Crippen LogP contribution in [0.2, 0.25) is 10.2 Å². The van der Waals surface area contributed by atoms with Gasteiger partial charge in [-0.2, -0.15) is 5.26 Å². The number of hydrogen-bond acceptors (Lipinski definition) is 7. The topological polar surface area (TPSA) is 64.4 Å². The van der Waals surface area contributed by atoms with Gasteiger partial charge in [0.05, 0.1) is 16.9 Å². The van der Waals surface area contributed by atoms with E-state index in [2.05, 4.69) is 26.2 Å². The van der Waals surface area contributed by atoms with E-state index in [9.17, 15) is 5.26 Å². The van der Waals surface area contributed by atoms with Crippen molar-refractivity contribution in [1.82, 2.24) is 9.88 Å². The molecular formula is C20H21Cl2N5OS. The van der Waals surface area contributed by atoms with Crippen molar-refractivity contribution < 1.29 is 4.74 Å². The highest BCUT2D eigenvalue weighted by atomic mass is 35.5. The number of piperazine rings is 1. The molecule has 0 amide bonds. The Hall–Kier alpha value is -1.85. The Morgan fingerprint density at radius 3 is 2.83 bits per heavy atom. The third-order valence-corrected chi connectivity index (χ3v) is 6.40. The molecule has 0 radical (unpaired) electrons. The molecule has 1 saturated heterocycles. The first-order valence-corrected chi connectivity index (χ1v) is 11.2. The molecule has 0 atom stereocenters. The molecule has 0 unspecified atom stereocenters. The van der Waals surface area contributed by atoms with E-state index in [1.807, 2.05) is 12.1 Å². The van der Waals surface area contributed by atoms with Gasteiger partial charge in [0.15, 0.2) is 5.75 Å². The molecule has 0 spiro atoms. The minimum Gasteiger partial charge on any atom is -0.487 e. The van der Waals surface area contributed by atoms with Crippen molar-refractivity contribution >= 4 is 46.3 Å².